The zero-order valence-electron chi connectivity index (χ0n) is 5.86. The molecule has 1 unspecified atom stereocenters. The molecule has 0 radical (unpaired) electrons. The van der Waals surface area contributed by atoms with Gasteiger partial charge >= 0.3 is 0 Å². The van der Waals surface area contributed by atoms with Crippen LogP contribution < -0.4 is 5.73 Å². The van der Waals surface area contributed by atoms with Crippen LogP contribution in [-0.2, 0) is 0 Å². The molecular weight excluding hydrogens is 225 g/mol. The Morgan fingerprint density at radius 3 is 2.67 bits per heavy atom. The molecule has 0 saturated carbocycles. The number of hydrogen-bond acceptors (Lipinski definition) is 1. The van der Waals surface area contributed by atoms with Gasteiger partial charge in [0.05, 0.1) is 0 Å². The van der Waals surface area contributed by atoms with Crippen molar-refractivity contribution in [1.29, 1.82) is 0 Å². The smallest absolute Gasteiger partial charge is 0.0498 e. The molecule has 0 aromatic carbocycles. The molecule has 0 aliphatic rings. The van der Waals surface area contributed by atoms with Gasteiger partial charge in [0.2, 0.25) is 0 Å². The van der Waals surface area contributed by atoms with Crippen LogP contribution in [0.1, 0.15) is 26.2 Å². The third-order valence-electron chi connectivity index (χ3n) is 1.21. The van der Waals surface area contributed by atoms with E-state index in [9.17, 15) is 0 Å². The van der Waals surface area contributed by atoms with E-state index < -0.39 is 0 Å². The highest BCUT2D eigenvalue weighted by Gasteiger charge is 2.02. The monoisotopic (exact) mass is 239 g/mol. The van der Waals surface area contributed by atoms with Crippen LogP contribution >= 0.6 is 22.6 Å². The van der Waals surface area contributed by atoms with Crippen molar-refractivity contribution in [2.75, 3.05) is 0 Å². The van der Waals surface area contributed by atoms with Crippen LogP contribution in [0.3, 0.4) is 0 Å². The fraction of sp³-hybridized carbons (Fsp3) is 0.714. The van der Waals surface area contributed by atoms with Crippen molar-refractivity contribution in [3.05, 3.63) is 12.3 Å². The molecule has 0 heterocycles. The number of hydrogen-bond donors (Lipinski definition) is 1. The lowest BCUT2D eigenvalue weighted by molar-refractivity contribution is 0.733. The summed E-state index contributed by atoms with van der Waals surface area (Å²) in [6.07, 6.45) is 3.67. The van der Waals surface area contributed by atoms with Crippen molar-refractivity contribution in [1.82, 2.24) is 0 Å². The van der Waals surface area contributed by atoms with Crippen molar-refractivity contribution in [3.8, 4) is 0 Å². The van der Waals surface area contributed by atoms with Gasteiger partial charge in [-0.25, -0.2) is 0 Å². The lowest BCUT2D eigenvalue weighted by Gasteiger charge is -2.06. The molecule has 2 heteroatoms. The molecule has 0 fully saturated rings. The minimum Gasteiger partial charge on any atom is -0.402 e. The van der Waals surface area contributed by atoms with E-state index >= 15 is 0 Å². The summed E-state index contributed by atoms with van der Waals surface area (Å²) in [6.45, 7) is 5.86. The highest BCUT2D eigenvalue weighted by Crippen LogP contribution is 2.13. The van der Waals surface area contributed by atoms with Gasteiger partial charge in [-0.05, 0) is 6.42 Å². The van der Waals surface area contributed by atoms with E-state index in [0.717, 1.165) is 5.70 Å². The molecule has 0 aromatic rings. The largest absolute Gasteiger partial charge is 0.402 e. The Morgan fingerprint density at radius 1 is 1.78 bits per heavy atom. The van der Waals surface area contributed by atoms with E-state index in [1.54, 1.807) is 0 Å². The summed E-state index contributed by atoms with van der Waals surface area (Å²) >= 11 is 2.33. The average molecular weight is 239 g/mol. The summed E-state index contributed by atoms with van der Waals surface area (Å²) in [5, 5.41) is 0. The molecule has 0 aromatic heterocycles. The van der Waals surface area contributed by atoms with E-state index in [1.165, 1.54) is 19.3 Å². The van der Waals surface area contributed by atoms with Crippen LogP contribution in [0.5, 0.6) is 0 Å². The standard InChI is InChI=1S/C7H14IN/c1-3-4-5-7(8)6(2)9/h7H,2-5,9H2,1H3. The van der Waals surface area contributed by atoms with E-state index in [-0.39, 0.29) is 0 Å². The Labute approximate surface area is 70.8 Å². The van der Waals surface area contributed by atoms with Crippen molar-refractivity contribution in [2.24, 2.45) is 5.73 Å². The second kappa shape index (κ2) is 5.09. The Kier molecular flexibility index (Phi) is 5.24. The van der Waals surface area contributed by atoms with Crippen LogP contribution in [0.2, 0.25) is 0 Å². The first-order valence-corrected chi connectivity index (χ1v) is 4.51. The third-order valence-corrected chi connectivity index (χ3v) is 2.64. The van der Waals surface area contributed by atoms with Crippen LogP contribution in [-0.4, -0.2) is 3.92 Å². The Balaban J connectivity index is 3.27. The maximum absolute atomic E-state index is 5.47. The molecule has 2 N–H and O–H groups in total. The van der Waals surface area contributed by atoms with Crippen LogP contribution in [0.15, 0.2) is 12.3 Å². The van der Waals surface area contributed by atoms with Gasteiger partial charge in [-0.2, -0.15) is 0 Å². The molecule has 1 nitrogen and oxygen atoms in total. The zero-order valence-corrected chi connectivity index (χ0v) is 8.02. The molecule has 0 amide bonds. The molecular formula is C7H14IN. The molecule has 0 aliphatic carbocycles. The molecule has 0 saturated heterocycles. The summed E-state index contributed by atoms with van der Waals surface area (Å²) < 4.78 is 0.475. The van der Waals surface area contributed by atoms with Crippen molar-refractivity contribution in [3.63, 3.8) is 0 Å². The van der Waals surface area contributed by atoms with E-state index in [0.29, 0.717) is 3.92 Å². The maximum Gasteiger partial charge on any atom is 0.0498 e. The second-order valence-corrected chi connectivity index (χ2v) is 3.69. The Bertz CT molecular complexity index is 90.9. The zero-order chi connectivity index (χ0) is 7.28. The first-order valence-electron chi connectivity index (χ1n) is 3.26. The van der Waals surface area contributed by atoms with E-state index in [2.05, 4.69) is 36.1 Å². The van der Waals surface area contributed by atoms with Crippen LogP contribution in [0, 0.1) is 0 Å². The predicted octanol–water partition coefficient (Wildman–Crippen LogP) is 2.45. The van der Waals surface area contributed by atoms with Gasteiger partial charge in [0.25, 0.3) is 0 Å². The minimum atomic E-state index is 0.475. The number of rotatable bonds is 4. The quantitative estimate of drug-likeness (QED) is 0.591. The number of alkyl halides is 1. The van der Waals surface area contributed by atoms with Gasteiger partial charge in [0.15, 0.2) is 0 Å². The van der Waals surface area contributed by atoms with Crippen molar-refractivity contribution in [2.45, 2.75) is 30.1 Å². The Hall–Kier alpha value is 0.270. The first-order chi connectivity index (χ1) is 4.18. The number of nitrogens with two attached hydrogens (primary N) is 1. The summed E-state index contributed by atoms with van der Waals surface area (Å²) in [5.74, 6) is 0. The van der Waals surface area contributed by atoms with Gasteiger partial charge in [0, 0.05) is 9.62 Å². The first kappa shape index (κ1) is 9.27. The highest BCUT2D eigenvalue weighted by molar-refractivity contribution is 14.1. The lowest BCUT2D eigenvalue weighted by atomic mass is 10.2. The molecule has 9 heavy (non-hydrogen) atoms. The Morgan fingerprint density at radius 2 is 2.33 bits per heavy atom. The molecule has 54 valence electrons. The third kappa shape index (κ3) is 4.75. The SMILES string of the molecule is C=C(N)C(I)CCCC. The van der Waals surface area contributed by atoms with E-state index in [1.807, 2.05) is 0 Å². The predicted molar refractivity (Wildman–Crippen MR) is 50.7 cm³/mol. The van der Waals surface area contributed by atoms with Gasteiger partial charge in [-0.3, -0.25) is 0 Å². The topological polar surface area (TPSA) is 26.0 Å². The highest BCUT2D eigenvalue weighted by atomic mass is 127. The van der Waals surface area contributed by atoms with Crippen molar-refractivity contribution >= 4 is 22.6 Å². The van der Waals surface area contributed by atoms with Crippen LogP contribution in [0.25, 0.3) is 0 Å². The van der Waals surface area contributed by atoms with Gasteiger partial charge < -0.3 is 5.73 Å². The van der Waals surface area contributed by atoms with Gasteiger partial charge in [0.1, 0.15) is 0 Å². The van der Waals surface area contributed by atoms with Crippen molar-refractivity contribution < 1.29 is 0 Å². The minimum absolute atomic E-state index is 0.475. The summed E-state index contributed by atoms with van der Waals surface area (Å²) in [7, 11) is 0. The van der Waals surface area contributed by atoms with Gasteiger partial charge in [-0.15, -0.1) is 0 Å². The molecule has 0 aliphatic heterocycles. The molecule has 0 bridgehead atoms. The molecule has 0 rings (SSSR count). The average Bonchev–Trinajstić information content (AvgIpc) is 1.82. The number of halogens is 1. The summed E-state index contributed by atoms with van der Waals surface area (Å²) in [4.78, 5) is 0. The van der Waals surface area contributed by atoms with Gasteiger partial charge in [-0.1, -0.05) is 48.9 Å². The second-order valence-electron chi connectivity index (χ2n) is 2.18. The normalized spacial score (nSPS) is 13.1. The lowest BCUT2D eigenvalue weighted by Crippen LogP contribution is -2.08. The fourth-order valence-electron chi connectivity index (χ4n) is 0.569. The number of allylic oxidation sites excluding steroid dienone is 1. The van der Waals surface area contributed by atoms with Crippen LogP contribution in [0.4, 0.5) is 0 Å². The fourth-order valence-corrected chi connectivity index (χ4v) is 1.01. The maximum atomic E-state index is 5.47. The molecule has 1 atom stereocenters. The number of unbranched alkanes of at least 4 members (excludes halogenated alkanes) is 1. The summed E-state index contributed by atoms with van der Waals surface area (Å²) in [6, 6.07) is 0. The summed E-state index contributed by atoms with van der Waals surface area (Å²) in [5.41, 5.74) is 6.28. The molecule has 0 spiro atoms. The van der Waals surface area contributed by atoms with E-state index in [4.69, 9.17) is 5.73 Å².